The van der Waals surface area contributed by atoms with Gasteiger partial charge in [-0.05, 0) is 43.0 Å². The molecule has 1 aliphatic rings. The van der Waals surface area contributed by atoms with Crippen LogP contribution in [0.5, 0.6) is 0 Å². The summed E-state index contributed by atoms with van der Waals surface area (Å²) in [4.78, 5) is 4.19. The molecule has 15 heavy (non-hydrogen) atoms. The quantitative estimate of drug-likeness (QED) is 0.811. The van der Waals surface area contributed by atoms with Crippen LogP contribution in [0.3, 0.4) is 0 Å². The predicted octanol–water partition coefficient (Wildman–Crippen LogP) is 1.48. The zero-order chi connectivity index (χ0) is 10.5. The molecule has 2 N–H and O–H groups in total. The fraction of sp³-hybridized carbons (Fsp3) is 0.583. The van der Waals surface area contributed by atoms with Gasteiger partial charge in [0, 0.05) is 24.9 Å². The normalized spacial score (nSPS) is 20.7. The van der Waals surface area contributed by atoms with E-state index in [9.17, 15) is 0 Å². The van der Waals surface area contributed by atoms with Gasteiger partial charge in [-0.2, -0.15) is 0 Å². The standard InChI is InChI=1S/C12H18N2O/c13-5-1-2-10-8-14-6-3-12(10)11-4-7-15-9-11/h3,6,8,11H,1-2,4-5,7,9,13H2. The number of nitrogens with zero attached hydrogens (tertiary/aromatic N) is 1. The van der Waals surface area contributed by atoms with Crippen LogP contribution in [-0.2, 0) is 11.2 Å². The molecule has 0 amide bonds. The molecule has 1 aromatic heterocycles. The number of nitrogens with two attached hydrogens (primary N) is 1. The Hall–Kier alpha value is -0.930. The zero-order valence-electron chi connectivity index (χ0n) is 8.98. The van der Waals surface area contributed by atoms with E-state index in [0.29, 0.717) is 5.92 Å². The number of pyridine rings is 1. The molecule has 0 radical (unpaired) electrons. The minimum absolute atomic E-state index is 0.570. The van der Waals surface area contributed by atoms with Gasteiger partial charge in [-0.1, -0.05) is 0 Å². The number of hydrogen-bond donors (Lipinski definition) is 1. The Bertz CT molecular complexity index is 308. The van der Waals surface area contributed by atoms with Crippen molar-refractivity contribution >= 4 is 0 Å². The average Bonchev–Trinajstić information content (AvgIpc) is 2.80. The van der Waals surface area contributed by atoms with Crippen molar-refractivity contribution in [1.29, 1.82) is 0 Å². The highest BCUT2D eigenvalue weighted by Crippen LogP contribution is 2.27. The fourth-order valence-corrected chi connectivity index (χ4v) is 2.12. The smallest absolute Gasteiger partial charge is 0.0535 e. The summed E-state index contributed by atoms with van der Waals surface area (Å²) < 4.78 is 5.43. The van der Waals surface area contributed by atoms with E-state index in [2.05, 4.69) is 11.1 Å². The molecule has 1 atom stereocenters. The molecular formula is C12H18N2O. The van der Waals surface area contributed by atoms with E-state index < -0.39 is 0 Å². The third-order valence-corrected chi connectivity index (χ3v) is 2.96. The van der Waals surface area contributed by atoms with Crippen LogP contribution >= 0.6 is 0 Å². The molecule has 1 unspecified atom stereocenters. The van der Waals surface area contributed by atoms with Crippen molar-refractivity contribution in [2.24, 2.45) is 5.73 Å². The summed E-state index contributed by atoms with van der Waals surface area (Å²) in [5, 5.41) is 0. The number of rotatable bonds is 4. The van der Waals surface area contributed by atoms with Gasteiger partial charge in [0.05, 0.1) is 6.61 Å². The lowest BCUT2D eigenvalue weighted by molar-refractivity contribution is 0.194. The lowest BCUT2D eigenvalue weighted by Crippen LogP contribution is -2.06. The average molecular weight is 206 g/mol. The molecule has 0 aromatic carbocycles. The molecule has 3 heteroatoms. The Morgan fingerprint density at radius 3 is 3.20 bits per heavy atom. The van der Waals surface area contributed by atoms with E-state index in [0.717, 1.165) is 39.0 Å². The molecule has 0 spiro atoms. The first-order valence-corrected chi connectivity index (χ1v) is 5.62. The Balaban J connectivity index is 2.13. The monoisotopic (exact) mass is 206 g/mol. The molecule has 0 bridgehead atoms. The fourth-order valence-electron chi connectivity index (χ4n) is 2.12. The molecule has 82 valence electrons. The van der Waals surface area contributed by atoms with Gasteiger partial charge in [0.25, 0.3) is 0 Å². The first kappa shape index (κ1) is 10.6. The first-order valence-electron chi connectivity index (χ1n) is 5.62. The Kier molecular flexibility index (Phi) is 3.69. The van der Waals surface area contributed by atoms with Crippen LogP contribution < -0.4 is 5.73 Å². The second kappa shape index (κ2) is 5.24. The molecule has 2 heterocycles. The summed E-state index contributed by atoms with van der Waals surface area (Å²) in [7, 11) is 0. The third kappa shape index (κ3) is 2.55. The van der Waals surface area contributed by atoms with Gasteiger partial charge in [-0.15, -0.1) is 0 Å². The predicted molar refractivity (Wildman–Crippen MR) is 59.8 cm³/mol. The van der Waals surface area contributed by atoms with Crippen LogP contribution in [-0.4, -0.2) is 24.7 Å². The molecule has 1 fully saturated rings. The van der Waals surface area contributed by atoms with Crippen molar-refractivity contribution in [2.45, 2.75) is 25.2 Å². The molecule has 2 rings (SSSR count). The van der Waals surface area contributed by atoms with Crippen molar-refractivity contribution in [3.63, 3.8) is 0 Å². The van der Waals surface area contributed by atoms with Crippen LogP contribution in [0.1, 0.15) is 29.9 Å². The third-order valence-electron chi connectivity index (χ3n) is 2.96. The van der Waals surface area contributed by atoms with Gasteiger partial charge in [-0.3, -0.25) is 4.98 Å². The molecule has 1 aliphatic heterocycles. The van der Waals surface area contributed by atoms with Gasteiger partial charge < -0.3 is 10.5 Å². The maximum Gasteiger partial charge on any atom is 0.0535 e. The summed E-state index contributed by atoms with van der Waals surface area (Å²) in [6.45, 7) is 2.50. The largest absolute Gasteiger partial charge is 0.381 e. The second-order valence-electron chi connectivity index (χ2n) is 4.03. The Morgan fingerprint density at radius 2 is 2.47 bits per heavy atom. The van der Waals surface area contributed by atoms with Gasteiger partial charge >= 0.3 is 0 Å². The van der Waals surface area contributed by atoms with Crippen LogP contribution in [0, 0.1) is 0 Å². The number of ether oxygens (including phenoxy) is 1. The summed E-state index contributed by atoms with van der Waals surface area (Å²) in [6.07, 6.45) is 7.06. The summed E-state index contributed by atoms with van der Waals surface area (Å²) in [6, 6.07) is 2.13. The van der Waals surface area contributed by atoms with Gasteiger partial charge in [-0.25, -0.2) is 0 Å². The van der Waals surface area contributed by atoms with Crippen molar-refractivity contribution in [3.8, 4) is 0 Å². The Morgan fingerprint density at radius 1 is 1.53 bits per heavy atom. The van der Waals surface area contributed by atoms with E-state index in [4.69, 9.17) is 10.5 Å². The van der Waals surface area contributed by atoms with Crippen LogP contribution in [0.2, 0.25) is 0 Å². The molecule has 1 aromatic rings. The maximum atomic E-state index is 5.53. The first-order chi connectivity index (χ1) is 7.42. The van der Waals surface area contributed by atoms with Crippen molar-refractivity contribution in [1.82, 2.24) is 4.98 Å². The minimum Gasteiger partial charge on any atom is -0.381 e. The van der Waals surface area contributed by atoms with Crippen LogP contribution in [0.15, 0.2) is 18.5 Å². The molecular weight excluding hydrogens is 188 g/mol. The highest BCUT2D eigenvalue weighted by Gasteiger charge is 2.19. The number of hydrogen-bond acceptors (Lipinski definition) is 3. The lowest BCUT2D eigenvalue weighted by Gasteiger charge is -2.13. The van der Waals surface area contributed by atoms with Gasteiger partial charge in [0.15, 0.2) is 0 Å². The van der Waals surface area contributed by atoms with E-state index in [-0.39, 0.29) is 0 Å². The van der Waals surface area contributed by atoms with Gasteiger partial charge in [0.1, 0.15) is 0 Å². The minimum atomic E-state index is 0.570. The highest BCUT2D eigenvalue weighted by atomic mass is 16.5. The van der Waals surface area contributed by atoms with E-state index in [1.54, 1.807) is 0 Å². The van der Waals surface area contributed by atoms with E-state index in [1.165, 1.54) is 11.1 Å². The van der Waals surface area contributed by atoms with Crippen molar-refractivity contribution < 1.29 is 4.74 Å². The summed E-state index contributed by atoms with van der Waals surface area (Å²) in [5.74, 6) is 0.570. The van der Waals surface area contributed by atoms with Crippen LogP contribution in [0.4, 0.5) is 0 Å². The topological polar surface area (TPSA) is 48.1 Å². The van der Waals surface area contributed by atoms with E-state index >= 15 is 0 Å². The molecule has 0 saturated carbocycles. The van der Waals surface area contributed by atoms with Gasteiger partial charge in [0.2, 0.25) is 0 Å². The van der Waals surface area contributed by atoms with Crippen LogP contribution in [0.25, 0.3) is 0 Å². The van der Waals surface area contributed by atoms with Crippen molar-refractivity contribution in [2.75, 3.05) is 19.8 Å². The zero-order valence-corrected chi connectivity index (χ0v) is 8.98. The molecule has 0 aliphatic carbocycles. The molecule has 3 nitrogen and oxygen atoms in total. The second-order valence-corrected chi connectivity index (χ2v) is 4.03. The Labute approximate surface area is 90.7 Å². The SMILES string of the molecule is NCCCc1cnccc1C1CCOC1. The summed E-state index contributed by atoms with van der Waals surface area (Å²) in [5.41, 5.74) is 8.29. The number of aromatic nitrogens is 1. The highest BCUT2D eigenvalue weighted by molar-refractivity contribution is 5.28. The summed E-state index contributed by atoms with van der Waals surface area (Å²) >= 11 is 0. The lowest BCUT2D eigenvalue weighted by atomic mass is 9.93. The molecule has 1 saturated heterocycles. The number of aryl methyl sites for hydroxylation is 1. The van der Waals surface area contributed by atoms with E-state index in [1.807, 2.05) is 12.4 Å². The van der Waals surface area contributed by atoms with Crippen molar-refractivity contribution in [3.05, 3.63) is 29.6 Å². The maximum absolute atomic E-state index is 5.53.